The second kappa shape index (κ2) is 5.05. The first-order valence-electron chi connectivity index (χ1n) is 6.03. The number of benzene rings is 1. The molecule has 0 saturated carbocycles. The average molecular weight is 269 g/mol. The van der Waals surface area contributed by atoms with Crippen molar-refractivity contribution in [2.75, 3.05) is 6.26 Å². The molecule has 3 rings (SSSR count). The van der Waals surface area contributed by atoms with E-state index in [4.69, 9.17) is 0 Å². The van der Waals surface area contributed by atoms with Gasteiger partial charge in [0.05, 0.1) is 0 Å². The lowest BCUT2D eigenvalue weighted by Gasteiger charge is -2.25. The first-order valence-corrected chi connectivity index (χ1v) is 7.26. The number of hydrogen-bond donors (Lipinski definition) is 0. The second-order valence-corrected chi connectivity index (χ2v) is 5.08. The molecule has 1 atom stereocenters. The van der Waals surface area contributed by atoms with Crippen molar-refractivity contribution in [1.82, 2.24) is 4.90 Å². The van der Waals surface area contributed by atoms with Crippen molar-refractivity contribution in [3.8, 4) is 0 Å². The molecule has 3 nitrogen and oxygen atoms in total. The number of thioether (sulfide) groups is 1. The normalized spacial score (nSPS) is 21.4. The summed E-state index contributed by atoms with van der Waals surface area (Å²) < 4.78 is 0. The van der Waals surface area contributed by atoms with Crippen molar-refractivity contribution in [2.45, 2.75) is 6.04 Å². The molecule has 95 valence electrons. The van der Waals surface area contributed by atoms with E-state index in [1.807, 2.05) is 65.9 Å². The summed E-state index contributed by atoms with van der Waals surface area (Å²) in [7, 11) is 0. The van der Waals surface area contributed by atoms with E-state index in [1.54, 1.807) is 0 Å². The van der Waals surface area contributed by atoms with Gasteiger partial charge in [-0.3, -0.25) is 4.79 Å². The number of ketones is 1. The molecule has 1 radical (unpaired) electrons. The first kappa shape index (κ1) is 12.2. The predicted molar refractivity (Wildman–Crippen MR) is 78.9 cm³/mol. The number of hydrogen-bond acceptors (Lipinski definition) is 4. The smallest absolute Gasteiger partial charge is 0.189 e. The number of aliphatic imine (C=N–C) groups is 1. The summed E-state index contributed by atoms with van der Waals surface area (Å²) >= 11 is 1.53. The Morgan fingerprint density at radius 3 is 2.79 bits per heavy atom. The summed E-state index contributed by atoms with van der Waals surface area (Å²) in [4.78, 5) is 19.1. The number of nitrogens with zero attached hydrogens (tertiary/aromatic N) is 2. The highest BCUT2D eigenvalue weighted by atomic mass is 32.2. The molecule has 0 amide bonds. The van der Waals surface area contributed by atoms with Crippen LogP contribution in [0.25, 0.3) is 0 Å². The Hall–Kier alpha value is -1.81. The largest absolute Gasteiger partial charge is 0.319 e. The maximum absolute atomic E-state index is 12.7. The standard InChI is InChI=1S/C15H13N2OS/c1-19-15-13(14(18)11-7-3-2-4-8-11)17-10-6-5-9-12(17)16-15/h2-10,13H,1H3. The summed E-state index contributed by atoms with van der Waals surface area (Å²) in [6.45, 7) is 0. The van der Waals surface area contributed by atoms with Crippen LogP contribution in [-0.4, -0.2) is 28.8 Å². The monoisotopic (exact) mass is 269 g/mol. The molecule has 0 N–H and O–H groups in total. The number of allylic oxidation sites excluding steroid dienone is 2. The van der Waals surface area contributed by atoms with Gasteiger partial charge >= 0.3 is 0 Å². The maximum atomic E-state index is 12.7. The summed E-state index contributed by atoms with van der Waals surface area (Å²) in [5, 5.41) is 0.847. The SMILES string of the molecule is CS[C]1N=C2C=CC=CN2C1C(=O)c1ccccc1. The molecule has 1 aromatic rings. The third-order valence-electron chi connectivity index (χ3n) is 3.12. The number of carbonyl (C=O) groups excluding carboxylic acids is 1. The highest BCUT2D eigenvalue weighted by Gasteiger charge is 2.40. The van der Waals surface area contributed by atoms with Crippen LogP contribution in [-0.2, 0) is 0 Å². The predicted octanol–water partition coefficient (Wildman–Crippen LogP) is 2.89. The zero-order valence-corrected chi connectivity index (χ0v) is 11.3. The van der Waals surface area contributed by atoms with Crippen LogP contribution in [0.1, 0.15) is 10.4 Å². The molecule has 0 fully saturated rings. The van der Waals surface area contributed by atoms with Gasteiger partial charge in [-0.05, 0) is 18.4 Å². The van der Waals surface area contributed by atoms with Crippen LogP contribution in [0, 0.1) is 5.37 Å². The third kappa shape index (κ3) is 2.12. The molecule has 1 unspecified atom stereocenters. The third-order valence-corrected chi connectivity index (χ3v) is 3.85. The Kier molecular flexibility index (Phi) is 3.25. The molecule has 0 aromatic heterocycles. The fourth-order valence-corrected chi connectivity index (χ4v) is 2.84. The zero-order valence-electron chi connectivity index (χ0n) is 10.5. The highest BCUT2D eigenvalue weighted by Crippen LogP contribution is 2.35. The maximum Gasteiger partial charge on any atom is 0.189 e. The van der Waals surface area contributed by atoms with Crippen LogP contribution < -0.4 is 0 Å². The number of amidine groups is 1. The summed E-state index contributed by atoms with van der Waals surface area (Å²) in [6, 6.07) is 9.05. The Morgan fingerprint density at radius 2 is 2.05 bits per heavy atom. The summed E-state index contributed by atoms with van der Waals surface area (Å²) in [5.41, 5.74) is 0.721. The lowest BCUT2D eigenvalue weighted by atomic mass is 10.0. The van der Waals surface area contributed by atoms with Crippen LogP contribution in [0.4, 0.5) is 0 Å². The average Bonchev–Trinajstić information content (AvgIpc) is 2.86. The van der Waals surface area contributed by atoms with Crippen molar-refractivity contribution in [3.05, 3.63) is 65.7 Å². The fraction of sp³-hybridized carbons (Fsp3) is 0.133. The van der Waals surface area contributed by atoms with E-state index in [9.17, 15) is 4.79 Å². The van der Waals surface area contributed by atoms with E-state index in [0.717, 1.165) is 16.8 Å². The molecular weight excluding hydrogens is 256 g/mol. The Labute approximate surface area is 116 Å². The Morgan fingerprint density at radius 1 is 1.26 bits per heavy atom. The minimum absolute atomic E-state index is 0.0867. The number of Topliss-reactive ketones (excluding diaryl/α,β-unsaturated/α-hetero) is 1. The topological polar surface area (TPSA) is 32.7 Å². The Bertz CT molecular complexity index is 577. The highest BCUT2D eigenvalue weighted by molar-refractivity contribution is 8.01. The lowest BCUT2D eigenvalue weighted by Crippen LogP contribution is -2.39. The van der Waals surface area contributed by atoms with Gasteiger partial charge in [-0.1, -0.05) is 36.4 Å². The number of fused-ring (bicyclic) bond motifs is 1. The molecule has 0 spiro atoms. The molecule has 19 heavy (non-hydrogen) atoms. The van der Waals surface area contributed by atoms with Gasteiger partial charge in [-0.25, -0.2) is 4.99 Å². The molecule has 1 aromatic carbocycles. The van der Waals surface area contributed by atoms with Gasteiger partial charge in [0.25, 0.3) is 0 Å². The fourth-order valence-electron chi connectivity index (χ4n) is 2.21. The minimum Gasteiger partial charge on any atom is -0.319 e. The molecule has 2 aliphatic rings. The lowest BCUT2D eigenvalue weighted by molar-refractivity contribution is 0.0933. The Balaban J connectivity index is 1.94. The number of carbonyl (C=O) groups is 1. The van der Waals surface area contributed by atoms with Gasteiger partial charge in [-0.15, -0.1) is 11.8 Å². The quantitative estimate of drug-likeness (QED) is 0.791. The summed E-state index contributed by atoms with van der Waals surface area (Å²) in [5.74, 6) is 0.921. The molecule has 2 aliphatic heterocycles. The van der Waals surface area contributed by atoms with E-state index < -0.39 is 0 Å². The molecule has 2 heterocycles. The van der Waals surface area contributed by atoms with E-state index in [0.29, 0.717) is 0 Å². The second-order valence-electron chi connectivity index (χ2n) is 4.25. The molecule has 0 bridgehead atoms. The minimum atomic E-state index is -0.325. The van der Waals surface area contributed by atoms with E-state index in [2.05, 4.69) is 4.99 Å². The van der Waals surface area contributed by atoms with Crippen molar-refractivity contribution in [1.29, 1.82) is 0 Å². The van der Waals surface area contributed by atoms with Gasteiger partial charge in [0, 0.05) is 11.8 Å². The molecule has 0 saturated heterocycles. The van der Waals surface area contributed by atoms with Gasteiger partial charge < -0.3 is 4.90 Å². The molecular formula is C15H13N2OS. The van der Waals surface area contributed by atoms with Crippen LogP contribution in [0.3, 0.4) is 0 Å². The van der Waals surface area contributed by atoms with E-state index >= 15 is 0 Å². The van der Waals surface area contributed by atoms with E-state index in [1.165, 1.54) is 11.8 Å². The van der Waals surface area contributed by atoms with Crippen molar-refractivity contribution in [2.24, 2.45) is 4.99 Å². The zero-order chi connectivity index (χ0) is 13.2. The summed E-state index contributed by atoms with van der Waals surface area (Å²) in [6.07, 6.45) is 9.65. The van der Waals surface area contributed by atoms with Crippen LogP contribution in [0.2, 0.25) is 0 Å². The number of rotatable bonds is 3. The van der Waals surface area contributed by atoms with Gasteiger partial charge in [0.15, 0.2) is 11.2 Å². The molecule has 0 aliphatic carbocycles. The van der Waals surface area contributed by atoms with Gasteiger partial charge in [0.1, 0.15) is 11.9 Å². The first-order chi connectivity index (χ1) is 9.31. The van der Waals surface area contributed by atoms with Crippen LogP contribution >= 0.6 is 11.8 Å². The van der Waals surface area contributed by atoms with Crippen LogP contribution in [0.5, 0.6) is 0 Å². The van der Waals surface area contributed by atoms with Crippen molar-refractivity contribution < 1.29 is 4.79 Å². The molecule has 4 heteroatoms. The van der Waals surface area contributed by atoms with Gasteiger partial charge in [0.2, 0.25) is 0 Å². The van der Waals surface area contributed by atoms with Crippen molar-refractivity contribution >= 4 is 23.4 Å². The van der Waals surface area contributed by atoms with Crippen LogP contribution in [0.15, 0.2) is 59.8 Å². The van der Waals surface area contributed by atoms with Crippen molar-refractivity contribution in [3.63, 3.8) is 0 Å². The van der Waals surface area contributed by atoms with E-state index in [-0.39, 0.29) is 11.8 Å². The van der Waals surface area contributed by atoms with Gasteiger partial charge in [-0.2, -0.15) is 0 Å².